The molecule has 1 atom stereocenters. The number of nitriles is 1. The molecular weight excluding hydrogens is 424 g/mol. The van der Waals surface area contributed by atoms with Crippen LogP contribution in [0.25, 0.3) is 0 Å². The van der Waals surface area contributed by atoms with Crippen LogP contribution in [0.1, 0.15) is 57.3 Å². The number of anilines is 1. The summed E-state index contributed by atoms with van der Waals surface area (Å²) in [7, 11) is 0. The molecule has 0 bridgehead atoms. The largest absolute Gasteiger partial charge is 0.457 e. The van der Waals surface area contributed by atoms with Crippen molar-refractivity contribution in [2.75, 3.05) is 37.6 Å². The van der Waals surface area contributed by atoms with Crippen LogP contribution in [0.15, 0.2) is 30.5 Å². The molecule has 1 aromatic carbocycles. The number of pyridine rings is 1. The van der Waals surface area contributed by atoms with Gasteiger partial charge in [-0.3, -0.25) is 0 Å². The number of ether oxygens (including phenoxy) is 1. The topological polar surface area (TPSA) is 69.5 Å². The average Bonchev–Trinajstić information content (AvgIpc) is 3.40. The number of hydrogen-bond acceptors (Lipinski definition) is 6. The summed E-state index contributed by atoms with van der Waals surface area (Å²) in [5.74, 6) is 0.739. The van der Waals surface area contributed by atoms with Crippen LogP contribution in [0, 0.1) is 23.7 Å². The number of halogens is 1. The van der Waals surface area contributed by atoms with Gasteiger partial charge in [0, 0.05) is 31.4 Å². The predicted molar refractivity (Wildman–Crippen MR) is 123 cm³/mol. The van der Waals surface area contributed by atoms with Gasteiger partial charge in [-0.25, -0.2) is 9.78 Å². The Morgan fingerprint density at radius 3 is 2.72 bits per heavy atom. The maximum Gasteiger partial charge on any atom is 0.338 e. The lowest BCUT2D eigenvalue weighted by Crippen LogP contribution is -2.42. The third-order valence-corrected chi connectivity index (χ3v) is 7.89. The Morgan fingerprint density at radius 2 is 2.00 bits per heavy atom. The number of fused-ring (bicyclic) bond motifs is 1. The van der Waals surface area contributed by atoms with E-state index in [1.807, 2.05) is 31.2 Å². The first-order valence-corrected chi connectivity index (χ1v) is 11.7. The van der Waals surface area contributed by atoms with E-state index in [0.29, 0.717) is 23.1 Å². The second-order valence-electron chi connectivity index (χ2n) is 9.34. The van der Waals surface area contributed by atoms with E-state index >= 15 is 0 Å². The minimum Gasteiger partial charge on any atom is -0.457 e. The van der Waals surface area contributed by atoms with E-state index in [4.69, 9.17) is 21.6 Å². The van der Waals surface area contributed by atoms with Crippen LogP contribution in [-0.2, 0) is 11.3 Å². The zero-order chi connectivity index (χ0) is 22.3. The Balaban J connectivity index is 1.18. The monoisotopic (exact) mass is 450 g/mol. The molecule has 4 heterocycles. The summed E-state index contributed by atoms with van der Waals surface area (Å²) in [6.45, 7) is 7.35. The lowest BCUT2D eigenvalue weighted by atomic mass is 9.77. The quantitative estimate of drug-likeness (QED) is 0.513. The maximum absolute atomic E-state index is 11.8. The van der Waals surface area contributed by atoms with Gasteiger partial charge in [0.1, 0.15) is 18.5 Å². The van der Waals surface area contributed by atoms with Gasteiger partial charge in [-0.1, -0.05) is 6.07 Å². The fourth-order valence-electron chi connectivity index (χ4n) is 5.42. The smallest absolute Gasteiger partial charge is 0.338 e. The molecule has 7 heteroatoms. The van der Waals surface area contributed by atoms with Gasteiger partial charge >= 0.3 is 5.97 Å². The molecule has 2 saturated heterocycles. The molecule has 0 radical (unpaired) electrons. The van der Waals surface area contributed by atoms with Gasteiger partial charge in [-0.05, 0) is 74.0 Å². The Kier molecular flexibility index (Phi) is 5.56. The zero-order valence-electron chi connectivity index (χ0n) is 18.3. The summed E-state index contributed by atoms with van der Waals surface area (Å²) in [4.78, 5) is 21.1. The lowest BCUT2D eigenvalue weighted by Gasteiger charge is -2.40. The standard InChI is InChI=1S/C25H27ClN4O2/c1-17-19(3-4-20-21(17)15-32-24(20)31)22(26)14-29-9-6-25(7-10-29)8-11-30(16-25)23-5-2-18(12-27)13-28-23/h2-5,13,22H,6-11,14-16H2,1H3. The van der Waals surface area contributed by atoms with Crippen molar-refractivity contribution < 1.29 is 9.53 Å². The van der Waals surface area contributed by atoms with Crippen LogP contribution < -0.4 is 4.90 Å². The van der Waals surface area contributed by atoms with E-state index in [1.54, 1.807) is 6.20 Å². The van der Waals surface area contributed by atoms with Crippen LogP contribution >= 0.6 is 11.6 Å². The summed E-state index contributed by atoms with van der Waals surface area (Å²) in [5, 5.41) is 8.88. The Bertz CT molecular complexity index is 1070. The Hall–Kier alpha value is -2.62. The first-order chi connectivity index (χ1) is 15.5. The number of alkyl halides is 1. The van der Waals surface area contributed by atoms with E-state index in [0.717, 1.165) is 68.1 Å². The van der Waals surface area contributed by atoms with Gasteiger partial charge in [-0.15, -0.1) is 11.6 Å². The van der Waals surface area contributed by atoms with Crippen molar-refractivity contribution in [1.82, 2.24) is 9.88 Å². The lowest BCUT2D eigenvalue weighted by molar-refractivity contribution is 0.0535. The highest BCUT2D eigenvalue weighted by atomic mass is 35.5. The van der Waals surface area contributed by atoms with Crippen LogP contribution in [0.3, 0.4) is 0 Å². The van der Waals surface area contributed by atoms with E-state index in [2.05, 4.69) is 20.9 Å². The minimum absolute atomic E-state index is 0.104. The fourth-order valence-corrected chi connectivity index (χ4v) is 5.85. The summed E-state index contributed by atoms with van der Waals surface area (Å²) in [6.07, 6.45) is 5.17. The van der Waals surface area contributed by atoms with Crippen molar-refractivity contribution in [2.45, 2.75) is 38.2 Å². The number of rotatable bonds is 4. The molecule has 1 spiro atoms. The van der Waals surface area contributed by atoms with Gasteiger partial charge in [0.2, 0.25) is 0 Å². The number of hydrogen-bond donors (Lipinski definition) is 0. The van der Waals surface area contributed by atoms with Gasteiger partial charge in [0.05, 0.1) is 16.5 Å². The number of likely N-dealkylation sites (tertiary alicyclic amines) is 1. The van der Waals surface area contributed by atoms with Crippen molar-refractivity contribution in [3.05, 3.63) is 58.3 Å². The third kappa shape index (κ3) is 3.85. The van der Waals surface area contributed by atoms with E-state index in [-0.39, 0.29) is 11.3 Å². The average molecular weight is 451 g/mol. The van der Waals surface area contributed by atoms with Gasteiger partial charge in [-0.2, -0.15) is 5.26 Å². The van der Waals surface area contributed by atoms with Crippen molar-refractivity contribution >= 4 is 23.4 Å². The molecule has 5 rings (SSSR count). The van der Waals surface area contributed by atoms with Crippen molar-refractivity contribution in [2.24, 2.45) is 5.41 Å². The molecule has 3 aliphatic heterocycles. The van der Waals surface area contributed by atoms with Crippen molar-refractivity contribution in [3.8, 4) is 6.07 Å². The first kappa shape index (κ1) is 21.2. The summed E-state index contributed by atoms with van der Waals surface area (Å²) >= 11 is 6.86. The molecule has 1 unspecified atom stereocenters. The number of benzene rings is 1. The van der Waals surface area contributed by atoms with Crippen molar-refractivity contribution in [1.29, 1.82) is 5.26 Å². The number of esters is 1. The highest BCUT2D eigenvalue weighted by Crippen LogP contribution is 2.42. The molecule has 2 fully saturated rings. The highest BCUT2D eigenvalue weighted by molar-refractivity contribution is 6.21. The van der Waals surface area contributed by atoms with E-state index in [9.17, 15) is 4.79 Å². The normalized spacial score (nSPS) is 20.8. The summed E-state index contributed by atoms with van der Waals surface area (Å²) in [6, 6.07) is 9.79. The minimum atomic E-state index is -0.232. The van der Waals surface area contributed by atoms with Gasteiger partial charge in [0.15, 0.2) is 0 Å². The summed E-state index contributed by atoms with van der Waals surface area (Å²) < 4.78 is 5.18. The number of carbonyl (C=O) groups is 1. The molecule has 166 valence electrons. The zero-order valence-corrected chi connectivity index (χ0v) is 19.1. The molecule has 3 aliphatic rings. The number of piperidine rings is 1. The van der Waals surface area contributed by atoms with E-state index in [1.165, 1.54) is 6.42 Å². The predicted octanol–water partition coefficient (Wildman–Crippen LogP) is 4.20. The molecule has 0 N–H and O–H groups in total. The molecule has 2 aromatic rings. The van der Waals surface area contributed by atoms with Gasteiger partial charge < -0.3 is 14.5 Å². The second kappa shape index (κ2) is 8.38. The second-order valence-corrected chi connectivity index (χ2v) is 9.87. The maximum atomic E-state index is 11.8. The number of nitrogens with zero attached hydrogens (tertiary/aromatic N) is 4. The molecular formula is C25H27ClN4O2. The SMILES string of the molecule is Cc1c(C(Cl)CN2CCC3(CC2)CCN(c2ccc(C#N)cn2)C3)ccc2c1COC2=O. The number of carbonyl (C=O) groups excluding carboxylic acids is 1. The fraction of sp³-hybridized carbons (Fsp3) is 0.480. The van der Waals surface area contributed by atoms with Crippen LogP contribution in [-0.4, -0.2) is 48.6 Å². The molecule has 0 saturated carbocycles. The Morgan fingerprint density at radius 1 is 1.22 bits per heavy atom. The van der Waals surface area contributed by atoms with Gasteiger partial charge in [0.25, 0.3) is 0 Å². The Labute approximate surface area is 193 Å². The molecule has 0 aliphatic carbocycles. The highest BCUT2D eigenvalue weighted by Gasteiger charge is 2.41. The van der Waals surface area contributed by atoms with Crippen LogP contribution in [0.5, 0.6) is 0 Å². The first-order valence-electron chi connectivity index (χ1n) is 11.3. The molecule has 32 heavy (non-hydrogen) atoms. The summed E-state index contributed by atoms with van der Waals surface area (Å²) in [5.41, 5.74) is 4.79. The third-order valence-electron chi connectivity index (χ3n) is 7.52. The number of aromatic nitrogens is 1. The number of cyclic esters (lactones) is 1. The molecule has 0 amide bonds. The molecule has 6 nitrogen and oxygen atoms in total. The van der Waals surface area contributed by atoms with Crippen molar-refractivity contribution in [3.63, 3.8) is 0 Å². The van der Waals surface area contributed by atoms with E-state index < -0.39 is 0 Å². The van der Waals surface area contributed by atoms with Crippen LogP contribution in [0.2, 0.25) is 0 Å². The van der Waals surface area contributed by atoms with Crippen LogP contribution in [0.4, 0.5) is 5.82 Å². The molecule has 1 aromatic heterocycles.